The number of hydrogen-bond acceptors (Lipinski definition) is 3. The number of carbonyl (C=O) groups is 1. The van der Waals surface area contributed by atoms with E-state index in [1.165, 1.54) is 15.8 Å². The van der Waals surface area contributed by atoms with Gasteiger partial charge >= 0.3 is 0 Å². The molecule has 2 heterocycles. The van der Waals surface area contributed by atoms with E-state index in [4.69, 9.17) is 5.73 Å². The number of aryl methyl sites for hydroxylation is 1. The van der Waals surface area contributed by atoms with E-state index in [2.05, 4.69) is 17.2 Å². The number of benzene rings is 1. The van der Waals surface area contributed by atoms with Crippen LogP contribution in [0.25, 0.3) is 0 Å². The second kappa shape index (κ2) is 4.42. The third-order valence-corrected chi connectivity index (χ3v) is 3.54. The first-order chi connectivity index (χ1) is 9.15. The summed E-state index contributed by atoms with van der Waals surface area (Å²) in [7, 11) is 1.74. The predicted octanol–water partition coefficient (Wildman–Crippen LogP) is 1.20. The Morgan fingerprint density at radius 2 is 2.05 bits per heavy atom. The zero-order valence-electron chi connectivity index (χ0n) is 10.8. The Balaban J connectivity index is 1.85. The van der Waals surface area contributed by atoms with Crippen molar-refractivity contribution in [2.24, 2.45) is 7.05 Å². The molecular weight excluding hydrogens is 240 g/mol. The Bertz CT molecular complexity index is 632. The van der Waals surface area contributed by atoms with Crippen LogP contribution in [-0.2, 0) is 20.0 Å². The van der Waals surface area contributed by atoms with Gasteiger partial charge in [-0.15, -0.1) is 0 Å². The van der Waals surface area contributed by atoms with Crippen LogP contribution in [0.5, 0.6) is 0 Å². The fourth-order valence-corrected chi connectivity index (χ4v) is 2.52. The average Bonchev–Trinajstić information content (AvgIpc) is 2.76. The summed E-state index contributed by atoms with van der Waals surface area (Å²) in [5, 5.41) is 4.02. The van der Waals surface area contributed by atoms with E-state index in [-0.39, 0.29) is 5.91 Å². The Kier molecular flexibility index (Phi) is 2.74. The van der Waals surface area contributed by atoms with E-state index in [0.29, 0.717) is 18.1 Å². The third kappa shape index (κ3) is 2.07. The van der Waals surface area contributed by atoms with Gasteiger partial charge in [0.1, 0.15) is 11.5 Å². The van der Waals surface area contributed by atoms with Gasteiger partial charge in [-0.05, 0) is 17.5 Å². The minimum absolute atomic E-state index is 0.0128. The number of hydrogen-bond donors (Lipinski definition) is 1. The van der Waals surface area contributed by atoms with Gasteiger partial charge in [0, 0.05) is 26.2 Å². The van der Waals surface area contributed by atoms with Crippen molar-refractivity contribution in [1.82, 2.24) is 14.7 Å². The van der Waals surface area contributed by atoms with E-state index in [1.54, 1.807) is 13.1 Å². The van der Waals surface area contributed by atoms with Crippen molar-refractivity contribution in [2.45, 2.75) is 13.0 Å². The first kappa shape index (κ1) is 11.8. The Hall–Kier alpha value is -2.30. The molecule has 98 valence electrons. The second-order valence-electron chi connectivity index (χ2n) is 4.82. The molecule has 0 fully saturated rings. The standard InChI is InChI=1S/C14H16N4O/c1-17-12(8-13(15)16-17)14(19)18-7-6-10-4-2-3-5-11(10)9-18/h2-5,8H,6-7,9H2,1H3,(H2,15,16). The van der Waals surface area contributed by atoms with Crippen molar-refractivity contribution >= 4 is 11.7 Å². The number of carbonyl (C=O) groups excluding carboxylic acids is 1. The largest absolute Gasteiger partial charge is 0.382 e. The Morgan fingerprint density at radius 1 is 1.32 bits per heavy atom. The topological polar surface area (TPSA) is 64.2 Å². The monoisotopic (exact) mass is 256 g/mol. The summed E-state index contributed by atoms with van der Waals surface area (Å²) in [6.45, 7) is 1.39. The second-order valence-corrected chi connectivity index (χ2v) is 4.82. The number of nitrogen functional groups attached to an aromatic ring is 1. The SMILES string of the molecule is Cn1nc(N)cc1C(=O)N1CCc2ccccc2C1. The molecule has 0 unspecified atom stereocenters. The minimum atomic E-state index is -0.0128. The molecule has 0 saturated heterocycles. The number of nitrogens with two attached hydrogens (primary N) is 1. The number of nitrogens with zero attached hydrogens (tertiary/aromatic N) is 3. The fraction of sp³-hybridized carbons (Fsp3) is 0.286. The van der Waals surface area contributed by atoms with Crippen LogP contribution >= 0.6 is 0 Å². The van der Waals surface area contributed by atoms with Crippen LogP contribution < -0.4 is 5.73 Å². The lowest BCUT2D eigenvalue weighted by Gasteiger charge is -2.28. The molecule has 1 aromatic heterocycles. The van der Waals surface area contributed by atoms with Crippen molar-refractivity contribution in [3.63, 3.8) is 0 Å². The van der Waals surface area contributed by atoms with Crippen LogP contribution in [0.15, 0.2) is 30.3 Å². The van der Waals surface area contributed by atoms with Gasteiger partial charge < -0.3 is 10.6 Å². The van der Waals surface area contributed by atoms with Crippen LogP contribution in [0.1, 0.15) is 21.6 Å². The predicted molar refractivity (Wildman–Crippen MR) is 72.5 cm³/mol. The lowest BCUT2D eigenvalue weighted by atomic mass is 10.00. The van der Waals surface area contributed by atoms with E-state index in [1.807, 2.05) is 17.0 Å². The van der Waals surface area contributed by atoms with Gasteiger partial charge in [-0.25, -0.2) is 0 Å². The van der Waals surface area contributed by atoms with Crippen LogP contribution in [0.4, 0.5) is 5.82 Å². The number of fused-ring (bicyclic) bond motifs is 1. The molecule has 0 bridgehead atoms. The maximum atomic E-state index is 12.5. The molecule has 1 aromatic carbocycles. The van der Waals surface area contributed by atoms with Crippen molar-refractivity contribution in [1.29, 1.82) is 0 Å². The van der Waals surface area contributed by atoms with Gasteiger partial charge in [0.2, 0.25) is 0 Å². The molecule has 5 nitrogen and oxygen atoms in total. The van der Waals surface area contributed by atoms with Crippen LogP contribution in [0, 0.1) is 0 Å². The normalized spacial score (nSPS) is 14.3. The highest BCUT2D eigenvalue weighted by Gasteiger charge is 2.23. The zero-order valence-corrected chi connectivity index (χ0v) is 10.8. The molecule has 1 amide bonds. The maximum absolute atomic E-state index is 12.5. The summed E-state index contributed by atoms with van der Waals surface area (Å²) in [6, 6.07) is 9.88. The highest BCUT2D eigenvalue weighted by molar-refractivity contribution is 5.93. The van der Waals surface area contributed by atoms with Crippen molar-refractivity contribution in [2.75, 3.05) is 12.3 Å². The highest BCUT2D eigenvalue weighted by Crippen LogP contribution is 2.20. The van der Waals surface area contributed by atoms with Gasteiger partial charge in [0.25, 0.3) is 5.91 Å². The van der Waals surface area contributed by atoms with E-state index in [0.717, 1.165) is 13.0 Å². The molecule has 1 aliphatic heterocycles. The summed E-state index contributed by atoms with van der Waals surface area (Å²) < 4.78 is 1.54. The molecule has 5 heteroatoms. The Labute approximate surface area is 111 Å². The smallest absolute Gasteiger partial charge is 0.272 e. The maximum Gasteiger partial charge on any atom is 0.272 e. The molecular formula is C14H16N4O. The molecule has 0 spiro atoms. The van der Waals surface area contributed by atoms with Gasteiger partial charge in [-0.1, -0.05) is 24.3 Å². The van der Waals surface area contributed by atoms with Crippen LogP contribution in [0.2, 0.25) is 0 Å². The lowest BCUT2D eigenvalue weighted by molar-refractivity contribution is 0.0723. The van der Waals surface area contributed by atoms with Crippen LogP contribution in [-0.4, -0.2) is 27.1 Å². The summed E-state index contributed by atoms with van der Waals surface area (Å²) in [5.74, 6) is 0.365. The first-order valence-corrected chi connectivity index (χ1v) is 6.31. The summed E-state index contributed by atoms with van der Waals surface area (Å²) in [5.41, 5.74) is 8.71. The molecule has 1 aliphatic rings. The molecule has 2 N–H and O–H groups in total. The number of aromatic nitrogens is 2. The number of amides is 1. The van der Waals surface area contributed by atoms with E-state index in [9.17, 15) is 4.79 Å². The first-order valence-electron chi connectivity index (χ1n) is 6.31. The van der Waals surface area contributed by atoms with Crippen molar-refractivity contribution in [3.8, 4) is 0 Å². The Morgan fingerprint density at radius 3 is 2.74 bits per heavy atom. The molecule has 2 aromatic rings. The highest BCUT2D eigenvalue weighted by atomic mass is 16.2. The molecule has 0 atom stereocenters. The van der Waals surface area contributed by atoms with Gasteiger partial charge in [0.15, 0.2) is 0 Å². The van der Waals surface area contributed by atoms with E-state index < -0.39 is 0 Å². The minimum Gasteiger partial charge on any atom is -0.382 e. The van der Waals surface area contributed by atoms with E-state index >= 15 is 0 Å². The molecule has 0 saturated carbocycles. The molecule has 19 heavy (non-hydrogen) atoms. The van der Waals surface area contributed by atoms with Gasteiger partial charge in [-0.2, -0.15) is 5.10 Å². The van der Waals surface area contributed by atoms with Gasteiger partial charge in [0.05, 0.1) is 0 Å². The molecule has 0 radical (unpaired) electrons. The van der Waals surface area contributed by atoms with Crippen molar-refractivity contribution in [3.05, 3.63) is 47.2 Å². The van der Waals surface area contributed by atoms with Crippen LogP contribution in [0.3, 0.4) is 0 Å². The number of rotatable bonds is 1. The van der Waals surface area contributed by atoms with Gasteiger partial charge in [-0.3, -0.25) is 9.48 Å². The summed E-state index contributed by atoms with van der Waals surface area (Å²) >= 11 is 0. The molecule has 0 aliphatic carbocycles. The average molecular weight is 256 g/mol. The number of anilines is 1. The fourth-order valence-electron chi connectivity index (χ4n) is 2.52. The summed E-state index contributed by atoms with van der Waals surface area (Å²) in [4.78, 5) is 14.3. The zero-order chi connectivity index (χ0) is 13.4. The molecule has 3 rings (SSSR count). The van der Waals surface area contributed by atoms with Crippen molar-refractivity contribution < 1.29 is 4.79 Å². The summed E-state index contributed by atoms with van der Waals surface area (Å²) in [6.07, 6.45) is 0.898. The lowest BCUT2D eigenvalue weighted by Crippen LogP contribution is -2.36. The quantitative estimate of drug-likeness (QED) is 0.834. The third-order valence-electron chi connectivity index (χ3n) is 3.54.